The fraction of sp³-hybridized carbons (Fsp3) is 0.750. The zero-order chi connectivity index (χ0) is 11.3. The highest BCUT2D eigenvalue weighted by Crippen LogP contribution is 2.16. The Labute approximate surface area is 92.7 Å². The Hall–Kier alpha value is -0.830. The van der Waals surface area contributed by atoms with Crippen molar-refractivity contribution >= 4 is 0 Å². The zero-order valence-electron chi connectivity index (χ0n) is 10.2. The van der Waals surface area contributed by atoms with Gasteiger partial charge in [-0.2, -0.15) is 0 Å². The predicted molar refractivity (Wildman–Crippen MR) is 63.7 cm³/mol. The molecule has 0 spiro atoms. The maximum atomic E-state index is 6.30. The van der Waals surface area contributed by atoms with Crippen LogP contribution in [-0.4, -0.2) is 15.1 Å². The van der Waals surface area contributed by atoms with E-state index >= 15 is 0 Å². The van der Waals surface area contributed by atoms with Gasteiger partial charge in [0.05, 0.1) is 6.33 Å². The zero-order valence-corrected chi connectivity index (χ0v) is 10.2. The van der Waals surface area contributed by atoms with Gasteiger partial charge in [-0.3, -0.25) is 0 Å². The van der Waals surface area contributed by atoms with Crippen molar-refractivity contribution in [1.29, 1.82) is 0 Å². The largest absolute Gasteiger partial charge is 0.333 e. The van der Waals surface area contributed by atoms with Crippen LogP contribution in [0.15, 0.2) is 12.5 Å². The first-order valence-corrected chi connectivity index (χ1v) is 5.93. The Balaban J connectivity index is 2.74. The smallest absolute Gasteiger partial charge is 0.0948 e. The van der Waals surface area contributed by atoms with Crippen molar-refractivity contribution < 1.29 is 0 Å². The third-order valence-electron chi connectivity index (χ3n) is 3.20. The van der Waals surface area contributed by atoms with Crippen molar-refractivity contribution in [3.8, 4) is 0 Å². The molecule has 15 heavy (non-hydrogen) atoms. The van der Waals surface area contributed by atoms with Crippen LogP contribution in [0.25, 0.3) is 0 Å². The van der Waals surface area contributed by atoms with Crippen molar-refractivity contribution in [2.24, 2.45) is 5.73 Å². The minimum absolute atomic E-state index is 0.0802. The fourth-order valence-corrected chi connectivity index (χ4v) is 1.77. The molecule has 0 bridgehead atoms. The average molecular weight is 209 g/mol. The summed E-state index contributed by atoms with van der Waals surface area (Å²) in [6.45, 7) is 7.38. The van der Waals surface area contributed by atoms with Crippen LogP contribution in [-0.2, 0) is 13.0 Å². The number of hydrogen-bond donors (Lipinski definition) is 1. The third-order valence-corrected chi connectivity index (χ3v) is 3.20. The van der Waals surface area contributed by atoms with E-state index in [0.717, 1.165) is 32.2 Å². The van der Waals surface area contributed by atoms with Crippen molar-refractivity contribution in [2.45, 2.75) is 58.5 Å². The second-order valence-electron chi connectivity index (χ2n) is 4.33. The average Bonchev–Trinajstić information content (AvgIpc) is 2.66. The van der Waals surface area contributed by atoms with Crippen molar-refractivity contribution in [1.82, 2.24) is 9.55 Å². The lowest BCUT2D eigenvalue weighted by Gasteiger charge is -2.27. The summed E-state index contributed by atoms with van der Waals surface area (Å²) in [6.07, 6.45) is 8.11. The molecule has 1 aromatic heterocycles. The molecule has 0 aliphatic carbocycles. The number of nitrogens with two attached hydrogens (primary N) is 1. The fourth-order valence-electron chi connectivity index (χ4n) is 1.77. The van der Waals surface area contributed by atoms with E-state index in [9.17, 15) is 0 Å². The molecule has 0 aliphatic heterocycles. The van der Waals surface area contributed by atoms with Crippen molar-refractivity contribution in [3.05, 3.63) is 18.2 Å². The predicted octanol–water partition coefficient (Wildman–Crippen LogP) is 2.35. The van der Waals surface area contributed by atoms with Gasteiger partial charge in [-0.05, 0) is 19.3 Å². The Bertz CT molecular complexity index is 287. The number of nitrogens with zero attached hydrogens (tertiary/aromatic N) is 2. The Morgan fingerprint density at radius 3 is 2.53 bits per heavy atom. The van der Waals surface area contributed by atoms with Crippen LogP contribution in [0.3, 0.4) is 0 Å². The van der Waals surface area contributed by atoms with E-state index in [1.807, 2.05) is 12.5 Å². The van der Waals surface area contributed by atoms with Gasteiger partial charge in [0.1, 0.15) is 0 Å². The molecule has 86 valence electrons. The number of hydrogen-bond acceptors (Lipinski definition) is 2. The molecule has 1 rings (SSSR count). The lowest BCUT2D eigenvalue weighted by atomic mass is 9.94. The van der Waals surface area contributed by atoms with Crippen molar-refractivity contribution in [3.63, 3.8) is 0 Å². The first-order chi connectivity index (χ1) is 7.15. The van der Waals surface area contributed by atoms with Crippen LogP contribution in [0.5, 0.6) is 0 Å². The van der Waals surface area contributed by atoms with Gasteiger partial charge in [-0.15, -0.1) is 0 Å². The summed E-state index contributed by atoms with van der Waals surface area (Å²) < 4.78 is 2.20. The van der Waals surface area contributed by atoms with Crippen LogP contribution in [0.1, 0.15) is 45.7 Å². The molecule has 1 heterocycles. The number of aromatic nitrogens is 2. The van der Waals surface area contributed by atoms with Crippen LogP contribution >= 0.6 is 0 Å². The topological polar surface area (TPSA) is 43.8 Å². The van der Waals surface area contributed by atoms with Crippen LogP contribution in [0.2, 0.25) is 0 Å². The molecule has 0 unspecified atom stereocenters. The molecular weight excluding hydrogens is 186 g/mol. The molecule has 0 atom stereocenters. The normalized spacial score (nSPS) is 12.0. The molecule has 0 fully saturated rings. The first kappa shape index (κ1) is 12.2. The van der Waals surface area contributed by atoms with Gasteiger partial charge >= 0.3 is 0 Å². The summed E-state index contributed by atoms with van der Waals surface area (Å²) in [5.74, 6) is 0. The van der Waals surface area contributed by atoms with E-state index in [1.165, 1.54) is 5.69 Å². The maximum absolute atomic E-state index is 6.30. The number of aryl methyl sites for hydroxylation is 1. The highest BCUT2D eigenvalue weighted by molar-refractivity contribution is 5.00. The Morgan fingerprint density at radius 1 is 1.33 bits per heavy atom. The SMILES string of the molecule is CCCc1cncn1CC(N)(CC)CC. The molecule has 0 aromatic carbocycles. The molecule has 0 radical (unpaired) electrons. The van der Waals surface area contributed by atoms with Gasteiger partial charge < -0.3 is 10.3 Å². The van der Waals surface area contributed by atoms with E-state index in [4.69, 9.17) is 5.73 Å². The van der Waals surface area contributed by atoms with Gasteiger partial charge in [-0.25, -0.2) is 4.98 Å². The highest BCUT2D eigenvalue weighted by Gasteiger charge is 2.21. The highest BCUT2D eigenvalue weighted by atomic mass is 15.1. The summed E-state index contributed by atoms with van der Waals surface area (Å²) in [4.78, 5) is 4.20. The van der Waals surface area contributed by atoms with Gasteiger partial charge in [0.25, 0.3) is 0 Å². The van der Waals surface area contributed by atoms with Crippen molar-refractivity contribution in [2.75, 3.05) is 0 Å². The summed E-state index contributed by atoms with van der Waals surface area (Å²) >= 11 is 0. The van der Waals surface area contributed by atoms with E-state index in [1.54, 1.807) is 0 Å². The Kier molecular flexibility index (Phi) is 4.33. The number of rotatable bonds is 6. The third kappa shape index (κ3) is 3.06. The van der Waals surface area contributed by atoms with Gasteiger partial charge in [-0.1, -0.05) is 27.2 Å². The van der Waals surface area contributed by atoms with E-state index < -0.39 is 0 Å². The molecule has 0 amide bonds. The molecule has 3 nitrogen and oxygen atoms in total. The molecule has 0 saturated heterocycles. The lowest BCUT2D eigenvalue weighted by Crippen LogP contribution is -2.42. The molecule has 1 aromatic rings. The van der Waals surface area contributed by atoms with Gasteiger partial charge in [0.15, 0.2) is 0 Å². The van der Waals surface area contributed by atoms with Crippen LogP contribution in [0.4, 0.5) is 0 Å². The van der Waals surface area contributed by atoms with Gasteiger partial charge in [0.2, 0.25) is 0 Å². The summed E-state index contributed by atoms with van der Waals surface area (Å²) in [5, 5.41) is 0. The summed E-state index contributed by atoms with van der Waals surface area (Å²) in [6, 6.07) is 0. The van der Waals surface area contributed by atoms with Crippen LogP contribution < -0.4 is 5.73 Å². The molecule has 3 heteroatoms. The summed E-state index contributed by atoms with van der Waals surface area (Å²) in [5.41, 5.74) is 7.52. The standard InChI is InChI=1S/C12H23N3/c1-4-7-11-8-14-10-15(11)9-12(13,5-2)6-3/h8,10H,4-7,9,13H2,1-3H3. The molecule has 2 N–H and O–H groups in total. The molecular formula is C12H23N3. The van der Waals surface area contributed by atoms with Gasteiger partial charge in [0, 0.05) is 24.0 Å². The summed E-state index contributed by atoms with van der Waals surface area (Å²) in [7, 11) is 0. The number of imidazole rings is 1. The van der Waals surface area contributed by atoms with E-state index in [2.05, 4.69) is 30.3 Å². The van der Waals surface area contributed by atoms with E-state index in [0.29, 0.717) is 0 Å². The lowest BCUT2D eigenvalue weighted by molar-refractivity contribution is 0.335. The minimum Gasteiger partial charge on any atom is -0.333 e. The molecule has 0 aliphatic rings. The first-order valence-electron chi connectivity index (χ1n) is 5.93. The monoisotopic (exact) mass is 209 g/mol. The maximum Gasteiger partial charge on any atom is 0.0948 e. The van der Waals surface area contributed by atoms with E-state index in [-0.39, 0.29) is 5.54 Å². The molecule has 0 saturated carbocycles. The quantitative estimate of drug-likeness (QED) is 0.781. The second-order valence-corrected chi connectivity index (χ2v) is 4.33. The second kappa shape index (κ2) is 5.31. The minimum atomic E-state index is -0.0802. The van der Waals surface area contributed by atoms with Crippen LogP contribution in [0, 0.1) is 0 Å². The Morgan fingerprint density at radius 2 is 2.00 bits per heavy atom.